The zero-order valence-corrected chi connectivity index (χ0v) is 12.3. The minimum absolute atomic E-state index is 0.00628. The quantitative estimate of drug-likeness (QED) is 0.750. The van der Waals surface area contributed by atoms with Gasteiger partial charge in [-0.15, -0.1) is 0 Å². The maximum atomic E-state index is 9.65. The molecule has 1 heterocycles. The number of likely N-dealkylation sites (N-methyl/N-ethyl adjacent to an activating group) is 1. The lowest BCUT2D eigenvalue weighted by Gasteiger charge is -2.34. The maximum absolute atomic E-state index is 9.65. The molecule has 0 aliphatic heterocycles. The molecule has 4 nitrogen and oxygen atoms in total. The molecule has 2 atom stereocenters. The summed E-state index contributed by atoms with van der Waals surface area (Å²) in [4.78, 5) is 6.26. The summed E-state index contributed by atoms with van der Waals surface area (Å²) in [5, 5.41) is 9.65. The van der Waals surface area contributed by atoms with Crippen molar-refractivity contribution in [2.75, 3.05) is 13.2 Å². The Bertz CT molecular complexity index is 343. The smallest absolute Gasteiger partial charge is 0.0602 e. The Hall–Kier alpha value is -0.970. The number of nitrogens with two attached hydrogens (primary N) is 1. The fraction of sp³-hybridized carbons (Fsp3) is 0.667. The third kappa shape index (κ3) is 5.27. The second-order valence-electron chi connectivity index (χ2n) is 5.46. The Morgan fingerprint density at radius 1 is 1.32 bits per heavy atom. The monoisotopic (exact) mass is 265 g/mol. The summed E-state index contributed by atoms with van der Waals surface area (Å²) in [5.74, 6) is 0.545. The molecule has 0 bridgehead atoms. The lowest BCUT2D eigenvalue weighted by atomic mass is 9.97. The Morgan fingerprint density at radius 3 is 2.42 bits per heavy atom. The fourth-order valence-corrected chi connectivity index (χ4v) is 2.41. The standard InChI is InChI=1S/C15H27N3O/c1-4-18(10-13-5-7-17-8-6-13)15(11-19)14(16)9-12(2)3/h5-8,12,14-15,19H,4,9-11,16H2,1-3H3. The summed E-state index contributed by atoms with van der Waals surface area (Å²) in [6.45, 7) is 8.20. The zero-order chi connectivity index (χ0) is 14.3. The predicted molar refractivity (Wildman–Crippen MR) is 78.6 cm³/mol. The summed E-state index contributed by atoms with van der Waals surface area (Å²) in [6, 6.07) is 4.03. The third-order valence-electron chi connectivity index (χ3n) is 3.44. The lowest BCUT2D eigenvalue weighted by Crippen LogP contribution is -2.50. The molecule has 4 heteroatoms. The van der Waals surface area contributed by atoms with E-state index in [1.54, 1.807) is 12.4 Å². The van der Waals surface area contributed by atoms with E-state index in [2.05, 4.69) is 30.7 Å². The van der Waals surface area contributed by atoms with Crippen LogP contribution in [0, 0.1) is 5.92 Å². The molecule has 0 aliphatic rings. The van der Waals surface area contributed by atoms with Gasteiger partial charge >= 0.3 is 0 Å². The van der Waals surface area contributed by atoms with Gasteiger partial charge in [-0.3, -0.25) is 9.88 Å². The topological polar surface area (TPSA) is 62.4 Å². The van der Waals surface area contributed by atoms with Crippen molar-refractivity contribution in [2.24, 2.45) is 11.7 Å². The van der Waals surface area contributed by atoms with Gasteiger partial charge in [-0.25, -0.2) is 0 Å². The summed E-state index contributed by atoms with van der Waals surface area (Å²) in [7, 11) is 0. The molecule has 0 aromatic carbocycles. The van der Waals surface area contributed by atoms with Crippen LogP contribution in [-0.2, 0) is 6.54 Å². The Balaban J connectivity index is 2.70. The molecule has 1 aromatic rings. The van der Waals surface area contributed by atoms with Gasteiger partial charge in [0.15, 0.2) is 0 Å². The molecule has 0 fully saturated rings. The van der Waals surface area contributed by atoms with Crippen molar-refractivity contribution in [1.82, 2.24) is 9.88 Å². The highest BCUT2D eigenvalue weighted by atomic mass is 16.3. The molecular weight excluding hydrogens is 238 g/mol. The normalized spacial score (nSPS) is 14.9. The molecule has 2 unspecified atom stereocenters. The van der Waals surface area contributed by atoms with Crippen molar-refractivity contribution in [3.63, 3.8) is 0 Å². The third-order valence-corrected chi connectivity index (χ3v) is 3.44. The van der Waals surface area contributed by atoms with Gasteiger partial charge in [0.2, 0.25) is 0 Å². The zero-order valence-electron chi connectivity index (χ0n) is 12.3. The molecule has 0 aliphatic carbocycles. The molecule has 0 saturated heterocycles. The van der Waals surface area contributed by atoms with E-state index in [1.807, 2.05) is 12.1 Å². The predicted octanol–water partition coefficient (Wildman–Crippen LogP) is 1.64. The number of aliphatic hydroxyl groups is 1. The number of rotatable bonds is 8. The van der Waals surface area contributed by atoms with Gasteiger partial charge in [0.25, 0.3) is 0 Å². The summed E-state index contributed by atoms with van der Waals surface area (Å²) in [5.41, 5.74) is 7.45. The molecule has 1 rings (SSSR count). The first kappa shape index (κ1) is 16.1. The summed E-state index contributed by atoms with van der Waals surface area (Å²) >= 11 is 0. The van der Waals surface area contributed by atoms with Gasteiger partial charge in [0.1, 0.15) is 0 Å². The molecule has 0 saturated carbocycles. The van der Waals surface area contributed by atoms with Crippen molar-refractivity contribution < 1.29 is 5.11 Å². The minimum Gasteiger partial charge on any atom is -0.395 e. The van der Waals surface area contributed by atoms with Crippen LogP contribution in [-0.4, -0.2) is 40.2 Å². The molecular formula is C15H27N3O. The number of aliphatic hydroxyl groups excluding tert-OH is 1. The Labute approximate surface area is 116 Å². The first-order chi connectivity index (χ1) is 9.08. The number of pyridine rings is 1. The van der Waals surface area contributed by atoms with Crippen LogP contribution in [0.4, 0.5) is 0 Å². The second-order valence-corrected chi connectivity index (χ2v) is 5.46. The van der Waals surface area contributed by atoms with E-state index in [0.29, 0.717) is 5.92 Å². The van der Waals surface area contributed by atoms with Gasteiger partial charge in [-0.1, -0.05) is 20.8 Å². The molecule has 1 aromatic heterocycles. The first-order valence-corrected chi connectivity index (χ1v) is 7.07. The van der Waals surface area contributed by atoms with Crippen LogP contribution < -0.4 is 5.73 Å². The van der Waals surface area contributed by atoms with Crippen LogP contribution >= 0.6 is 0 Å². The van der Waals surface area contributed by atoms with E-state index in [1.165, 1.54) is 5.56 Å². The van der Waals surface area contributed by atoms with Gasteiger partial charge < -0.3 is 10.8 Å². The highest BCUT2D eigenvalue weighted by Gasteiger charge is 2.24. The highest BCUT2D eigenvalue weighted by Crippen LogP contribution is 2.14. The molecule has 0 radical (unpaired) electrons. The van der Waals surface area contributed by atoms with E-state index in [0.717, 1.165) is 19.5 Å². The summed E-state index contributed by atoms with van der Waals surface area (Å²) < 4.78 is 0. The van der Waals surface area contributed by atoms with E-state index in [-0.39, 0.29) is 18.7 Å². The molecule has 3 N–H and O–H groups in total. The second kappa shape index (κ2) is 8.25. The van der Waals surface area contributed by atoms with E-state index >= 15 is 0 Å². The van der Waals surface area contributed by atoms with Crippen LogP contribution in [0.25, 0.3) is 0 Å². The Kier molecular flexibility index (Phi) is 6.99. The molecule has 0 amide bonds. The van der Waals surface area contributed by atoms with Gasteiger partial charge in [-0.2, -0.15) is 0 Å². The van der Waals surface area contributed by atoms with Crippen LogP contribution in [0.5, 0.6) is 0 Å². The average molecular weight is 265 g/mol. The first-order valence-electron chi connectivity index (χ1n) is 7.07. The van der Waals surface area contributed by atoms with Crippen LogP contribution in [0.2, 0.25) is 0 Å². The number of nitrogens with zero attached hydrogens (tertiary/aromatic N) is 2. The fourth-order valence-electron chi connectivity index (χ4n) is 2.41. The van der Waals surface area contributed by atoms with Crippen molar-refractivity contribution in [3.8, 4) is 0 Å². The van der Waals surface area contributed by atoms with Gasteiger partial charge in [-0.05, 0) is 36.6 Å². The number of hydrogen-bond acceptors (Lipinski definition) is 4. The molecule has 108 valence electrons. The van der Waals surface area contributed by atoms with Crippen molar-refractivity contribution in [1.29, 1.82) is 0 Å². The van der Waals surface area contributed by atoms with Crippen molar-refractivity contribution >= 4 is 0 Å². The van der Waals surface area contributed by atoms with Gasteiger partial charge in [0, 0.05) is 31.0 Å². The summed E-state index contributed by atoms with van der Waals surface area (Å²) in [6.07, 6.45) is 4.52. The maximum Gasteiger partial charge on any atom is 0.0602 e. The van der Waals surface area contributed by atoms with Crippen LogP contribution in [0.3, 0.4) is 0 Å². The number of hydrogen-bond donors (Lipinski definition) is 2. The molecule has 19 heavy (non-hydrogen) atoms. The van der Waals surface area contributed by atoms with Crippen LogP contribution in [0.15, 0.2) is 24.5 Å². The SMILES string of the molecule is CCN(Cc1ccncc1)C(CO)C(N)CC(C)C. The number of aromatic nitrogens is 1. The minimum atomic E-state index is 0.00628. The Morgan fingerprint density at radius 2 is 1.95 bits per heavy atom. The van der Waals surface area contributed by atoms with Crippen LogP contribution in [0.1, 0.15) is 32.8 Å². The average Bonchev–Trinajstić information content (AvgIpc) is 2.38. The lowest BCUT2D eigenvalue weighted by molar-refractivity contribution is 0.0965. The highest BCUT2D eigenvalue weighted by molar-refractivity contribution is 5.09. The van der Waals surface area contributed by atoms with E-state index in [4.69, 9.17) is 5.73 Å². The van der Waals surface area contributed by atoms with E-state index < -0.39 is 0 Å². The van der Waals surface area contributed by atoms with Crippen molar-refractivity contribution in [3.05, 3.63) is 30.1 Å². The van der Waals surface area contributed by atoms with Gasteiger partial charge in [0.05, 0.1) is 6.61 Å². The van der Waals surface area contributed by atoms with E-state index in [9.17, 15) is 5.11 Å². The van der Waals surface area contributed by atoms with Crippen molar-refractivity contribution in [2.45, 2.75) is 45.8 Å². The largest absolute Gasteiger partial charge is 0.395 e. The molecule has 0 spiro atoms.